The zero-order valence-corrected chi connectivity index (χ0v) is 14.9. The van der Waals surface area contributed by atoms with Crippen LogP contribution in [0.15, 0.2) is 41.5 Å². The van der Waals surface area contributed by atoms with Gasteiger partial charge in [-0.05, 0) is 29.7 Å². The third kappa shape index (κ3) is 5.61. The summed E-state index contributed by atoms with van der Waals surface area (Å²) in [5.41, 5.74) is 2.25. The summed E-state index contributed by atoms with van der Waals surface area (Å²) in [5, 5.41) is 10.8. The zero-order valence-electron chi connectivity index (χ0n) is 14.9. The molecule has 0 unspecified atom stereocenters. The highest BCUT2D eigenvalue weighted by Crippen LogP contribution is 2.14. The number of hydrogen-bond donors (Lipinski definition) is 2. The molecule has 0 aliphatic carbocycles. The van der Waals surface area contributed by atoms with E-state index in [1.54, 1.807) is 13.2 Å². The van der Waals surface area contributed by atoms with Gasteiger partial charge in [0.25, 0.3) is 0 Å². The van der Waals surface area contributed by atoms with E-state index < -0.39 is 0 Å². The Kier molecular flexibility index (Phi) is 6.66. The van der Waals surface area contributed by atoms with Crippen molar-refractivity contribution in [3.05, 3.63) is 47.8 Å². The summed E-state index contributed by atoms with van der Waals surface area (Å²) in [6.07, 6.45) is 1.79. The molecule has 2 aromatic rings. The van der Waals surface area contributed by atoms with Gasteiger partial charge in [0.15, 0.2) is 5.96 Å². The molecule has 1 aromatic carbocycles. The minimum Gasteiger partial charge on any atom is -0.493 e. The van der Waals surface area contributed by atoms with Crippen LogP contribution in [-0.2, 0) is 20.1 Å². The maximum absolute atomic E-state index is 5.77. The van der Waals surface area contributed by atoms with Gasteiger partial charge in [-0.1, -0.05) is 26.0 Å². The van der Waals surface area contributed by atoms with Crippen LogP contribution < -0.4 is 15.4 Å². The normalized spacial score (nSPS) is 11.6. The van der Waals surface area contributed by atoms with Crippen LogP contribution in [0.4, 0.5) is 0 Å². The van der Waals surface area contributed by atoms with Crippen LogP contribution in [0.1, 0.15) is 25.1 Å². The lowest BCUT2D eigenvalue weighted by Gasteiger charge is -2.13. The van der Waals surface area contributed by atoms with Crippen molar-refractivity contribution in [2.45, 2.75) is 26.9 Å². The van der Waals surface area contributed by atoms with Crippen molar-refractivity contribution >= 4 is 5.96 Å². The monoisotopic (exact) mass is 329 g/mol. The van der Waals surface area contributed by atoms with Crippen LogP contribution >= 0.6 is 0 Å². The Morgan fingerprint density at radius 1 is 1.25 bits per heavy atom. The van der Waals surface area contributed by atoms with Crippen molar-refractivity contribution < 1.29 is 4.74 Å². The quantitative estimate of drug-likeness (QED) is 0.604. The second kappa shape index (κ2) is 8.96. The number of aliphatic imine (C=N–C) groups is 1. The Hall–Kier alpha value is -2.50. The summed E-state index contributed by atoms with van der Waals surface area (Å²) >= 11 is 0. The molecule has 0 aliphatic heterocycles. The standard InChI is InChI=1S/C18H27N5O/c1-14(2)13-24-17-7-5-6-15(10-17)11-20-18(19-3)21-12-16-8-9-22-23(16)4/h5-10,14H,11-13H2,1-4H3,(H2,19,20,21). The molecule has 1 heterocycles. The number of nitrogens with one attached hydrogen (secondary N) is 2. The van der Waals surface area contributed by atoms with Crippen molar-refractivity contribution in [3.63, 3.8) is 0 Å². The van der Waals surface area contributed by atoms with E-state index in [0.29, 0.717) is 19.0 Å². The first kappa shape index (κ1) is 17.8. The number of aryl methyl sites for hydroxylation is 1. The van der Waals surface area contributed by atoms with Gasteiger partial charge in [-0.2, -0.15) is 5.10 Å². The molecule has 0 saturated carbocycles. The van der Waals surface area contributed by atoms with Gasteiger partial charge < -0.3 is 15.4 Å². The van der Waals surface area contributed by atoms with Crippen LogP contribution in [0.5, 0.6) is 5.75 Å². The minimum atomic E-state index is 0.516. The number of ether oxygens (including phenoxy) is 1. The molecule has 0 fully saturated rings. The number of nitrogens with zero attached hydrogens (tertiary/aromatic N) is 3. The zero-order chi connectivity index (χ0) is 17.4. The molecule has 0 spiro atoms. The highest BCUT2D eigenvalue weighted by molar-refractivity contribution is 5.79. The molecule has 0 radical (unpaired) electrons. The Morgan fingerprint density at radius 2 is 2.04 bits per heavy atom. The first-order chi connectivity index (χ1) is 11.6. The summed E-state index contributed by atoms with van der Waals surface area (Å²) in [7, 11) is 3.69. The van der Waals surface area contributed by atoms with Gasteiger partial charge in [0.2, 0.25) is 0 Å². The molecule has 0 amide bonds. The lowest BCUT2D eigenvalue weighted by Crippen LogP contribution is -2.36. The molecule has 2 rings (SSSR count). The fourth-order valence-corrected chi connectivity index (χ4v) is 2.16. The molecular formula is C18H27N5O. The Morgan fingerprint density at radius 3 is 2.71 bits per heavy atom. The molecule has 0 bridgehead atoms. The molecule has 6 nitrogen and oxygen atoms in total. The van der Waals surface area contributed by atoms with E-state index in [2.05, 4.69) is 46.7 Å². The van der Waals surface area contributed by atoms with Crippen molar-refractivity contribution in [1.29, 1.82) is 0 Å². The fraction of sp³-hybridized carbons (Fsp3) is 0.444. The third-order valence-electron chi connectivity index (χ3n) is 3.52. The Labute approximate surface area is 143 Å². The molecule has 24 heavy (non-hydrogen) atoms. The van der Waals surface area contributed by atoms with Crippen molar-refractivity contribution in [3.8, 4) is 5.75 Å². The van der Waals surface area contributed by atoms with E-state index in [1.807, 2.05) is 29.9 Å². The maximum atomic E-state index is 5.77. The van der Waals surface area contributed by atoms with Gasteiger partial charge in [0, 0.05) is 26.8 Å². The predicted molar refractivity (Wildman–Crippen MR) is 97.0 cm³/mol. The molecule has 1 aromatic heterocycles. The van der Waals surface area contributed by atoms with Gasteiger partial charge >= 0.3 is 0 Å². The molecule has 6 heteroatoms. The average molecular weight is 329 g/mol. The fourth-order valence-electron chi connectivity index (χ4n) is 2.16. The lowest BCUT2D eigenvalue weighted by atomic mass is 10.2. The average Bonchev–Trinajstić information content (AvgIpc) is 2.98. The highest BCUT2D eigenvalue weighted by Gasteiger charge is 2.03. The van der Waals surface area contributed by atoms with E-state index in [4.69, 9.17) is 4.74 Å². The lowest BCUT2D eigenvalue weighted by molar-refractivity contribution is 0.271. The molecule has 2 N–H and O–H groups in total. The van der Waals surface area contributed by atoms with Gasteiger partial charge in [-0.15, -0.1) is 0 Å². The predicted octanol–water partition coefficient (Wildman–Crippen LogP) is 2.32. The van der Waals surface area contributed by atoms with Gasteiger partial charge in [-0.3, -0.25) is 9.67 Å². The van der Waals surface area contributed by atoms with Crippen LogP contribution in [-0.4, -0.2) is 29.4 Å². The molecule has 0 saturated heterocycles. The largest absolute Gasteiger partial charge is 0.493 e. The van der Waals surface area contributed by atoms with Crippen LogP contribution in [0.2, 0.25) is 0 Å². The van der Waals surface area contributed by atoms with Crippen molar-refractivity contribution in [2.24, 2.45) is 18.0 Å². The van der Waals surface area contributed by atoms with Gasteiger partial charge in [0.1, 0.15) is 5.75 Å². The van der Waals surface area contributed by atoms with E-state index in [1.165, 1.54) is 0 Å². The van der Waals surface area contributed by atoms with E-state index in [9.17, 15) is 0 Å². The first-order valence-electron chi connectivity index (χ1n) is 8.21. The second-order valence-electron chi connectivity index (χ2n) is 6.08. The van der Waals surface area contributed by atoms with E-state index in [-0.39, 0.29) is 0 Å². The molecule has 130 valence electrons. The van der Waals surface area contributed by atoms with Crippen molar-refractivity contribution in [1.82, 2.24) is 20.4 Å². The summed E-state index contributed by atoms with van der Waals surface area (Å²) < 4.78 is 7.61. The molecule has 0 aliphatic rings. The number of benzene rings is 1. The summed E-state index contributed by atoms with van der Waals surface area (Å²) in [4.78, 5) is 4.25. The van der Waals surface area contributed by atoms with Crippen molar-refractivity contribution in [2.75, 3.05) is 13.7 Å². The molecule has 0 atom stereocenters. The van der Waals surface area contributed by atoms with Crippen LogP contribution in [0.3, 0.4) is 0 Å². The minimum absolute atomic E-state index is 0.516. The Balaban J connectivity index is 1.84. The first-order valence-corrected chi connectivity index (χ1v) is 8.21. The maximum Gasteiger partial charge on any atom is 0.191 e. The van der Waals surface area contributed by atoms with Crippen LogP contribution in [0, 0.1) is 5.92 Å². The van der Waals surface area contributed by atoms with E-state index >= 15 is 0 Å². The number of hydrogen-bond acceptors (Lipinski definition) is 3. The highest BCUT2D eigenvalue weighted by atomic mass is 16.5. The second-order valence-corrected chi connectivity index (χ2v) is 6.08. The summed E-state index contributed by atoms with van der Waals surface area (Å²) in [5.74, 6) is 2.17. The van der Waals surface area contributed by atoms with Gasteiger partial charge in [-0.25, -0.2) is 0 Å². The number of rotatable bonds is 7. The number of guanidine groups is 1. The smallest absolute Gasteiger partial charge is 0.191 e. The third-order valence-corrected chi connectivity index (χ3v) is 3.52. The summed E-state index contributed by atoms with van der Waals surface area (Å²) in [6.45, 7) is 6.37. The van der Waals surface area contributed by atoms with Gasteiger partial charge in [0.05, 0.1) is 18.8 Å². The topological polar surface area (TPSA) is 63.5 Å². The van der Waals surface area contributed by atoms with E-state index in [0.717, 1.165) is 29.6 Å². The number of aromatic nitrogens is 2. The summed E-state index contributed by atoms with van der Waals surface area (Å²) in [6, 6.07) is 10.1. The van der Waals surface area contributed by atoms with Crippen LogP contribution in [0.25, 0.3) is 0 Å². The molecular weight excluding hydrogens is 302 g/mol. The SMILES string of the molecule is CN=C(NCc1cccc(OCC(C)C)c1)NCc1ccnn1C. The Bertz CT molecular complexity index is 663.